The molecular weight excluding hydrogens is 318 g/mol. The molecule has 3 heterocycles. The molecule has 6 heteroatoms. The van der Waals surface area contributed by atoms with E-state index in [4.69, 9.17) is 14.2 Å². The Balaban J connectivity index is 1.51. The van der Waals surface area contributed by atoms with Gasteiger partial charge in [0.2, 0.25) is 0 Å². The minimum atomic E-state index is 0.458. The number of ether oxygens (including phenoxy) is 3. The number of fused-ring (bicyclic) bond motifs is 1. The average molecular weight is 341 g/mol. The van der Waals surface area contributed by atoms with E-state index < -0.39 is 0 Å². The predicted molar refractivity (Wildman–Crippen MR) is 93.3 cm³/mol. The standard InChI is InChI=1S/C19H23N3O3/c1-23-17-10-19-18(24-7-8-25-19)9-15(17)12-22-6-2-3-14(11-22)16-4-5-20-13-21-16/h4-5,9-10,13-14H,2-3,6-8,11-12H2,1H3/t14-/m0/s1. The molecule has 1 saturated heterocycles. The minimum Gasteiger partial charge on any atom is -0.496 e. The third-order valence-corrected chi connectivity index (χ3v) is 4.87. The number of aromatic nitrogens is 2. The summed E-state index contributed by atoms with van der Waals surface area (Å²) in [6, 6.07) is 6.02. The Labute approximate surface area is 147 Å². The van der Waals surface area contributed by atoms with Crippen molar-refractivity contribution in [2.24, 2.45) is 0 Å². The van der Waals surface area contributed by atoms with E-state index in [1.807, 2.05) is 18.3 Å². The molecule has 6 nitrogen and oxygen atoms in total. The van der Waals surface area contributed by atoms with E-state index in [-0.39, 0.29) is 0 Å². The maximum Gasteiger partial charge on any atom is 0.165 e. The van der Waals surface area contributed by atoms with Crippen molar-refractivity contribution >= 4 is 0 Å². The molecule has 1 atom stereocenters. The fraction of sp³-hybridized carbons (Fsp3) is 0.474. The van der Waals surface area contributed by atoms with Gasteiger partial charge in [0.25, 0.3) is 0 Å². The molecule has 2 aliphatic heterocycles. The summed E-state index contributed by atoms with van der Waals surface area (Å²) < 4.78 is 17.0. The number of piperidine rings is 1. The van der Waals surface area contributed by atoms with Crippen LogP contribution in [0.1, 0.15) is 30.0 Å². The molecular formula is C19H23N3O3. The molecule has 25 heavy (non-hydrogen) atoms. The van der Waals surface area contributed by atoms with Gasteiger partial charge in [0.05, 0.1) is 7.11 Å². The monoisotopic (exact) mass is 341 g/mol. The molecule has 0 saturated carbocycles. The van der Waals surface area contributed by atoms with E-state index in [1.54, 1.807) is 13.4 Å². The summed E-state index contributed by atoms with van der Waals surface area (Å²) in [5.74, 6) is 2.89. The van der Waals surface area contributed by atoms with Crippen LogP contribution in [0.25, 0.3) is 0 Å². The topological polar surface area (TPSA) is 56.7 Å². The first-order valence-corrected chi connectivity index (χ1v) is 8.78. The lowest BCUT2D eigenvalue weighted by Crippen LogP contribution is -2.34. The molecule has 0 N–H and O–H groups in total. The lowest BCUT2D eigenvalue weighted by molar-refractivity contribution is 0.168. The fourth-order valence-electron chi connectivity index (χ4n) is 3.65. The average Bonchev–Trinajstić information content (AvgIpc) is 2.68. The highest BCUT2D eigenvalue weighted by molar-refractivity contribution is 5.51. The van der Waals surface area contributed by atoms with E-state index >= 15 is 0 Å². The van der Waals surface area contributed by atoms with Crippen molar-refractivity contribution in [1.82, 2.24) is 14.9 Å². The van der Waals surface area contributed by atoms with Crippen molar-refractivity contribution in [2.45, 2.75) is 25.3 Å². The van der Waals surface area contributed by atoms with Crippen molar-refractivity contribution in [3.8, 4) is 17.2 Å². The number of rotatable bonds is 4. The summed E-state index contributed by atoms with van der Waals surface area (Å²) >= 11 is 0. The van der Waals surface area contributed by atoms with Crippen molar-refractivity contribution in [1.29, 1.82) is 0 Å². The van der Waals surface area contributed by atoms with Gasteiger partial charge in [-0.15, -0.1) is 0 Å². The lowest BCUT2D eigenvalue weighted by Gasteiger charge is -2.33. The summed E-state index contributed by atoms with van der Waals surface area (Å²) in [5, 5.41) is 0. The van der Waals surface area contributed by atoms with Crippen molar-refractivity contribution in [3.63, 3.8) is 0 Å². The van der Waals surface area contributed by atoms with Crippen molar-refractivity contribution in [2.75, 3.05) is 33.4 Å². The predicted octanol–water partition coefficient (Wildman–Crippen LogP) is 2.64. The number of benzene rings is 1. The summed E-state index contributed by atoms with van der Waals surface area (Å²) in [5.41, 5.74) is 2.27. The molecule has 0 bridgehead atoms. The van der Waals surface area contributed by atoms with E-state index in [9.17, 15) is 0 Å². The quantitative estimate of drug-likeness (QED) is 0.852. The second-order valence-electron chi connectivity index (χ2n) is 6.52. The number of nitrogens with zero attached hydrogens (tertiary/aromatic N) is 3. The molecule has 1 aromatic heterocycles. The Morgan fingerprint density at radius 2 is 2.08 bits per heavy atom. The van der Waals surface area contributed by atoms with Gasteiger partial charge >= 0.3 is 0 Å². The molecule has 4 rings (SSSR count). The fourth-order valence-corrected chi connectivity index (χ4v) is 3.65. The highest BCUT2D eigenvalue weighted by atomic mass is 16.6. The smallest absolute Gasteiger partial charge is 0.165 e. The highest BCUT2D eigenvalue weighted by Gasteiger charge is 2.24. The number of hydrogen-bond acceptors (Lipinski definition) is 6. The van der Waals surface area contributed by atoms with E-state index in [1.165, 1.54) is 12.8 Å². The van der Waals surface area contributed by atoms with Crippen LogP contribution in [-0.2, 0) is 6.54 Å². The molecule has 1 fully saturated rings. The van der Waals surface area contributed by atoms with Crippen LogP contribution < -0.4 is 14.2 Å². The van der Waals surface area contributed by atoms with Gasteiger partial charge in [0.15, 0.2) is 11.5 Å². The zero-order chi connectivity index (χ0) is 17.1. The summed E-state index contributed by atoms with van der Waals surface area (Å²) in [6.45, 7) is 4.09. The van der Waals surface area contributed by atoms with Gasteiger partial charge in [-0.25, -0.2) is 9.97 Å². The zero-order valence-corrected chi connectivity index (χ0v) is 14.5. The molecule has 2 aliphatic rings. The number of methoxy groups -OCH3 is 1. The maximum absolute atomic E-state index is 5.73. The molecule has 0 radical (unpaired) electrons. The zero-order valence-electron chi connectivity index (χ0n) is 14.5. The highest BCUT2D eigenvalue weighted by Crippen LogP contribution is 2.38. The first kappa shape index (κ1) is 16.1. The second kappa shape index (κ2) is 7.27. The third kappa shape index (κ3) is 3.54. The summed E-state index contributed by atoms with van der Waals surface area (Å²) in [4.78, 5) is 10.9. The lowest BCUT2D eigenvalue weighted by atomic mass is 9.94. The SMILES string of the molecule is COc1cc2c(cc1CN1CCC[C@H](c3ccncn3)C1)OCCO2. The van der Waals surface area contributed by atoms with Crippen LogP contribution in [-0.4, -0.2) is 48.3 Å². The van der Waals surface area contributed by atoms with Gasteiger partial charge in [-0.1, -0.05) is 0 Å². The van der Waals surface area contributed by atoms with Gasteiger partial charge in [0, 0.05) is 42.5 Å². The Morgan fingerprint density at radius 1 is 1.24 bits per heavy atom. The Morgan fingerprint density at radius 3 is 2.84 bits per heavy atom. The van der Waals surface area contributed by atoms with Crippen LogP contribution in [0.15, 0.2) is 30.7 Å². The normalized spacial score (nSPS) is 20.3. The van der Waals surface area contributed by atoms with Crippen LogP contribution in [0.5, 0.6) is 17.2 Å². The van der Waals surface area contributed by atoms with Gasteiger partial charge in [-0.2, -0.15) is 0 Å². The Hall–Kier alpha value is -2.34. The first-order chi connectivity index (χ1) is 12.3. The van der Waals surface area contributed by atoms with E-state index in [0.29, 0.717) is 19.1 Å². The molecule has 0 spiro atoms. The van der Waals surface area contributed by atoms with Gasteiger partial charge in [-0.05, 0) is 31.5 Å². The summed E-state index contributed by atoms with van der Waals surface area (Å²) in [7, 11) is 1.70. The van der Waals surface area contributed by atoms with Crippen LogP contribution in [0.2, 0.25) is 0 Å². The largest absolute Gasteiger partial charge is 0.496 e. The molecule has 0 amide bonds. The minimum absolute atomic E-state index is 0.458. The van der Waals surface area contributed by atoms with Crippen molar-refractivity contribution < 1.29 is 14.2 Å². The molecule has 0 aliphatic carbocycles. The maximum atomic E-state index is 5.73. The summed E-state index contributed by atoms with van der Waals surface area (Å²) in [6.07, 6.45) is 5.80. The van der Waals surface area contributed by atoms with Crippen molar-refractivity contribution in [3.05, 3.63) is 42.0 Å². The van der Waals surface area contributed by atoms with E-state index in [2.05, 4.69) is 20.9 Å². The molecule has 132 valence electrons. The van der Waals surface area contributed by atoms with Crippen LogP contribution in [0, 0.1) is 0 Å². The molecule has 1 aromatic carbocycles. The Kier molecular flexibility index (Phi) is 4.70. The van der Waals surface area contributed by atoms with Crippen LogP contribution in [0.3, 0.4) is 0 Å². The Bertz CT molecular complexity index is 723. The molecule has 2 aromatic rings. The molecule has 0 unspecified atom stereocenters. The number of likely N-dealkylation sites (tertiary alicyclic amines) is 1. The van der Waals surface area contributed by atoms with Gasteiger partial charge in [0.1, 0.15) is 25.3 Å². The third-order valence-electron chi connectivity index (χ3n) is 4.87. The number of hydrogen-bond donors (Lipinski definition) is 0. The van der Waals surface area contributed by atoms with Gasteiger partial charge in [-0.3, -0.25) is 4.90 Å². The first-order valence-electron chi connectivity index (χ1n) is 8.78. The van der Waals surface area contributed by atoms with Crippen LogP contribution in [0.4, 0.5) is 0 Å². The van der Waals surface area contributed by atoms with Crippen LogP contribution >= 0.6 is 0 Å². The van der Waals surface area contributed by atoms with E-state index in [0.717, 1.165) is 48.1 Å². The second-order valence-corrected chi connectivity index (χ2v) is 6.52. The van der Waals surface area contributed by atoms with Gasteiger partial charge < -0.3 is 14.2 Å².